The number of aliphatic imine (C=N–C) groups is 1. The van der Waals surface area contributed by atoms with Crippen LogP contribution in [0.3, 0.4) is 0 Å². The molecule has 24 heavy (non-hydrogen) atoms. The molecule has 2 fully saturated rings. The molecule has 0 spiro atoms. The van der Waals surface area contributed by atoms with Crippen LogP contribution in [0.4, 0.5) is 5.95 Å². The van der Waals surface area contributed by atoms with Crippen LogP contribution >= 0.6 is 24.0 Å². The summed E-state index contributed by atoms with van der Waals surface area (Å²) in [6, 6.07) is 2.46. The second-order valence-electron chi connectivity index (χ2n) is 6.34. The molecule has 0 radical (unpaired) electrons. The summed E-state index contributed by atoms with van der Waals surface area (Å²) in [6.45, 7) is 8.28. The van der Waals surface area contributed by atoms with Gasteiger partial charge in [0.2, 0.25) is 5.95 Å². The zero-order valence-corrected chi connectivity index (χ0v) is 16.8. The van der Waals surface area contributed by atoms with Crippen LogP contribution in [0, 0.1) is 5.92 Å². The van der Waals surface area contributed by atoms with Crippen LogP contribution in [-0.4, -0.2) is 73.2 Å². The maximum Gasteiger partial charge on any atom is 0.225 e. The lowest BCUT2D eigenvalue weighted by molar-refractivity contribution is 0.260. The molecule has 1 saturated carbocycles. The Balaban J connectivity index is 0.00000208. The minimum absolute atomic E-state index is 0. The standard InChI is InChI=1S/C16H27N7.HI/c1-13-12-14(13)21-15(17-2)18-6-7-22-8-10-23(11-9-22)16-19-4-3-5-20-16;/h3-5,13-14H,6-12H2,1-2H3,(H2,17,18,21);1H. The van der Waals surface area contributed by atoms with Gasteiger partial charge < -0.3 is 15.5 Å². The molecule has 1 saturated heterocycles. The van der Waals surface area contributed by atoms with Crippen molar-refractivity contribution in [3.63, 3.8) is 0 Å². The number of nitrogens with one attached hydrogen (secondary N) is 2. The molecule has 1 aliphatic heterocycles. The summed E-state index contributed by atoms with van der Waals surface area (Å²) in [5.74, 6) is 2.55. The molecule has 3 rings (SSSR count). The van der Waals surface area contributed by atoms with Crippen molar-refractivity contribution in [2.24, 2.45) is 10.9 Å². The molecule has 0 bridgehead atoms. The fourth-order valence-electron chi connectivity index (χ4n) is 2.85. The van der Waals surface area contributed by atoms with Gasteiger partial charge in [-0.1, -0.05) is 6.92 Å². The van der Waals surface area contributed by atoms with Gasteiger partial charge in [0.1, 0.15) is 0 Å². The predicted molar refractivity (Wildman–Crippen MR) is 108 cm³/mol. The summed E-state index contributed by atoms with van der Waals surface area (Å²) in [7, 11) is 1.83. The quantitative estimate of drug-likeness (QED) is 0.397. The Morgan fingerprint density at radius 2 is 1.92 bits per heavy atom. The van der Waals surface area contributed by atoms with E-state index in [4.69, 9.17) is 0 Å². The van der Waals surface area contributed by atoms with Crippen molar-refractivity contribution in [1.29, 1.82) is 0 Å². The van der Waals surface area contributed by atoms with Gasteiger partial charge in [0, 0.05) is 64.8 Å². The normalized spacial score (nSPS) is 24.2. The van der Waals surface area contributed by atoms with Crippen LogP contribution in [0.1, 0.15) is 13.3 Å². The highest BCUT2D eigenvalue weighted by molar-refractivity contribution is 14.0. The van der Waals surface area contributed by atoms with Crippen molar-refractivity contribution in [1.82, 2.24) is 25.5 Å². The topological polar surface area (TPSA) is 68.7 Å². The molecule has 1 aromatic heterocycles. The molecule has 2 heterocycles. The van der Waals surface area contributed by atoms with Crippen molar-refractivity contribution in [2.45, 2.75) is 19.4 Å². The van der Waals surface area contributed by atoms with Crippen molar-refractivity contribution in [3.05, 3.63) is 18.5 Å². The van der Waals surface area contributed by atoms with E-state index in [0.29, 0.717) is 6.04 Å². The third-order valence-electron chi connectivity index (χ3n) is 4.58. The lowest BCUT2D eigenvalue weighted by Gasteiger charge is -2.34. The molecule has 2 unspecified atom stereocenters. The fraction of sp³-hybridized carbons (Fsp3) is 0.688. The number of anilines is 1. The van der Waals surface area contributed by atoms with E-state index in [-0.39, 0.29) is 24.0 Å². The van der Waals surface area contributed by atoms with Gasteiger partial charge in [-0.15, -0.1) is 24.0 Å². The van der Waals surface area contributed by atoms with Gasteiger partial charge in [0.15, 0.2) is 5.96 Å². The van der Waals surface area contributed by atoms with Gasteiger partial charge in [-0.25, -0.2) is 9.97 Å². The summed E-state index contributed by atoms with van der Waals surface area (Å²) in [6.07, 6.45) is 4.86. The predicted octanol–water partition coefficient (Wildman–Crippen LogP) is 0.790. The van der Waals surface area contributed by atoms with E-state index < -0.39 is 0 Å². The number of rotatable bonds is 5. The van der Waals surface area contributed by atoms with Gasteiger partial charge in [0.25, 0.3) is 0 Å². The second-order valence-corrected chi connectivity index (χ2v) is 6.34. The fourth-order valence-corrected chi connectivity index (χ4v) is 2.85. The van der Waals surface area contributed by atoms with E-state index in [9.17, 15) is 0 Å². The summed E-state index contributed by atoms with van der Waals surface area (Å²) < 4.78 is 0. The highest BCUT2D eigenvalue weighted by atomic mass is 127. The van der Waals surface area contributed by atoms with E-state index in [1.165, 1.54) is 6.42 Å². The van der Waals surface area contributed by atoms with Crippen LogP contribution in [0.15, 0.2) is 23.5 Å². The highest BCUT2D eigenvalue weighted by Gasteiger charge is 2.33. The zero-order valence-electron chi connectivity index (χ0n) is 14.5. The Bertz CT molecular complexity index is 516. The summed E-state index contributed by atoms with van der Waals surface area (Å²) in [5, 5.41) is 6.86. The molecule has 2 aliphatic rings. The van der Waals surface area contributed by atoms with Gasteiger partial charge in [0.05, 0.1) is 0 Å². The zero-order chi connectivity index (χ0) is 16.1. The first kappa shape index (κ1) is 19.2. The smallest absolute Gasteiger partial charge is 0.225 e. The second kappa shape index (κ2) is 9.36. The van der Waals surface area contributed by atoms with E-state index in [0.717, 1.165) is 57.1 Å². The third-order valence-corrected chi connectivity index (χ3v) is 4.58. The Morgan fingerprint density at radius 1 is 1.25 bits per heavy atom. The number of halogens is 1. The molecular weight excluding hydrogens is 417 g/mol. The molecule has 1 aliphatic carbocycles. The van der Waals surface area contributed by atoms with Gasteiger partial charge in [-0.2, -0.15) is 0 Å². The van der Waals surface area contributed by atoms with Gasteiger partial charge in [-0.3, -0.25) is 9.89 Å². The van der Waals surface area contributed by atoms with Crippen LogP contribution in [0.2, 0.25) is 0 Å². The van der Waals surface area contributed by atoms with Crippen LogP contribution < -0.4 is 15.5 Å². The molecule has 2 atom stereocenters. The molecule has 7 nitrogen and oxygen atoms in total. The molecular formula is C16H28IN7. The van der Waals surface area contributed by atoms with Gasteiger partial charge in [-0.05, 0) is 18.4 Å². The van der Waals surface area contributed by atoms with Crippen LogP contribution in [0.5, 0.6) is 0 Å². The monoisotopic (exact) mass is 445 g/mol. The van der Waals surface area contributed by atoms with Crippen LogP contribution in [0.25, 0.3) is 0 Å². The maximum absolute atomic E-state index is 4.32. The Labute approximate surface area is 161 Å². The Hall–Kier alpha value is -1.16. The largest absolute Gasteiger partial charge is 0.355 e. The molecule has 8 heteroatoms. The van der Waals surface area contributed by atoms with Gasteiger partial charge >= 0.3 is 0 Å². The minimum atomic E-state index is 0. The number of hydrogen-bond donors (Lipinski definition) is 2. The number of nitrogens with zero attached hydrogens (tertiary/aromatic N) is 5. The lowest BCUT2D eigenvalue weighted by atomic mass is 10.3. The molecule has 134 valence electrons. The first-order valence-corrected chi connectivity index (χ1v) is 8.48. The van der Waals surface area contributed by atoms with E-state index in [1.807, 2.05) is 13.1 Å². The third kappa shape index (κ3) is 5.44. The summed E-state index contributed by atoms with van der Waals surface area (Å²) in [5.41, 5.74) is 0. The van der Waals surface area contributed by atoms with Crippen molar-refractivity contribution in [2.75, 3.05) is 51.2 Å². The minimum Gasteiger partial charge on any atom is -0.355 e. The van der Waals surface area contributed by atoms with E-state index in [2.05, 4.69) is 42.3 Å². The summed E-state index contributed by atoms with van der Waals surface area (Å²) in [4.78, 5) is 17.7. The Morgan fingerprint density at radius 3 is 2.50 bits per heavy atom. The first-order chi connectivity index (χ1) is 11.3. The van der Waals surface area contributed by atoms with Crippen molar-refractivity contribution in [3.8, 4) is 0 Å². The highest BCUT2D eigenvalue weighted by Crippen LogP contribution is 2.28. The van der Waals surface area contributed by atoms with E-state index in [1.54, 1.807) is 12.4 Å². The molecule has 1 aromatic rings. The number of hydrogen-bond acceptors (Lipinski definition) is 5. The van der Waals surface area contributed by atoms with Crippen molar-refractivity contribution < 1.29 is 0 Å². The molecule has 0 aromatic carbocycles. The number of aromatic nitrogens is 2. The summed E-state index contributed by atoms with van der Waals surface area (Å²) >= 11 is 0. The number of guanidine groups is 1. The van der Waals surface area contributed by atoms with Crippen LogP contribution in [-0.2, 0) is 0 Å². The maximum atomic E-state index is 4.32. The average Bonchev–Trinajstić information content (AvgIpc) is 3.30. The first-order valence-electron chi connectivity index (χ1n) is 8.48. The molecule has 2 N–H and O–H groups in total. The van der Waals surface area contributed by atoms with Crippen molar-refractivity contribution >= 4 is 35.9 Å². The average molecular weight is 445 g/mol. The number of piperazine rings is 1. The molecule has 0 amide bonds. The SMILES string of the molecule is CN=C(NCCN1CCN(c2ncccn2)CC1)NC1CC1C.I. The van der Waals surface area contributed by atoms with E-state index >= 15 is 0 Å². The lowest BCUT2D eigenvalue weighted by Crippen LogP contribution is -2.50. The Kier molecular flexibility index (Phi) is 7.47.